The van der Waals surface area contributed by atoms with Crippen LogP contribution in [0.4, 0.5) is 0 Å². The van der Waals surface area contributed by atoms with E-state index in [0.29, 0.717) is 23.0 Å². The van der Waals surface area contributed by atoms with Crippen LogP contribution in [0.2, 0.25) is 0 Å². The lowest BCUT2D eigenvalue weighted by Gasteiger charge is -2.04. The monoisotopic (exact) mass is 391 g/mol. The minimum atomic E-state index is -0.0484. The smallest absolute Gasteiger partial charge is 0.265 e. The van der Waals surface area contributed by atoms with Gasteiger partial charge in [-0.1, -0.05) is 6.08 Å². The maximum atomic E-state index is 8.87. The molecule has 0 aliphatic heterocycles. The van der Waals surface area contributed by atoms with E-state index in [1.165, 1.54) is 12.2 Å². The summed E-state index contributed by atoms with van der Waals surface area (Å²) in [5.74, 6) is 2.25. The average molecular weight is 391 g/mol. The van der Waals surface area contributed by atoms with Crippen LogP contribution in [0.5, 0.6) is 0 Å². The molecule has 0 bridgehead atoms. The van der Waals surface area contributed by atoms with Crippen molar-refractivity contribution < 1.29 is 8.83 Å². The lowest BCUT2D eigenvalue weighted by atomic mass is 10.3. The molecule has 3 aromatic heterocycles. The van der Waals surface area contributed by atoms with Crippen LogP contribution >= 0.6 is 0 Å². The molecule has 3 heterocycles. The summed E-state index contributed by atoms with van der Waals surface area (Å²) in [6, 6.07) is 14.5. The Hall–Kier alpha value is -4.98. The van der Waals surface area contributed by atoms with Crippen LogP contribution in [0, 0.1) is 35.8 Å². The van der Waals surface area contributed by atoms with E-state index in [9.17, 15) is 0 Å². The first-order valence-electron chi connectivity index (χ1n) is 8.61. The van der Waals surface area contributed by atoms with Crippen molar-refractivity contribution in [3.63, 3.8) is 0 Å². The second-order valence-corrected chi connectivity index (χ2v) is 5.95. The van der Waals surface area contributed by atoms with Gasteiger partial charge in [0.2, 0.25) is 0 Å². The summed E-state index contributed by atoms with van der Waals surface area (Å²) in [6.07, 6.45) is 6.08. The van der Waals surface area contributed by atoms with Crippen molar-refractivity contribution in [3.8, 4) is 35.0 Å². The number of furan rings is 2. The predicted molar refractivity (Wildman–Crippen MR) is 110 cm³/mol. The fourth-order valence-electron chi connectivity index (χ4n) is 2.71. The highest BCUT2D eigenvalue weighted by atomic mass is 16.3. The summed E-state index contributed by atoms with van der Waals surface area (Å²) < 4.78 is 13.5. The van der Waals surface area contributed by atoms with Crippen LogP contribution in [0.25, 0.3) is 44.8 Å². The summed E-state index contributed by atoms with van der Waals surface area (Å²) in [5.41, 5.74) is 1.58. The standard InChI is InChI=1S/C23H13N5O2/c1-26-16(14-24)5-4-6-18-7-11-22(29-18)20-9-10-21(28(20)3)23-12-8-19(30-23)13-17(15-25)27-2/h4-13H,3H3/b6-4+,16-5-,17-13+. The summed E-state index contributed by atoms with van der Waals surface area (Å²) in [5, 5.41) is 17.6. The number of aromatic nitrogens is 1. The number of hydrogen-bond donors (Lipinski definition) is 0. The van der Waals surface area contributed by atoms with E-state index < -0.39 is 0 Å². The molecule has 7 nitrogen and oxygen atoms in total. The number of hydrogen-bond acceptors (Lipinski definition) is 4. The molecule has 0 aliphatic carbocycles. The van der Waals surface area contributed by atoms with Crippen molar-refractivity contribution in [3.05, 3.63) is 94.3 Å². The molecule has 0 fully saturated rings. The average Bonchev–Trinajstić information content (AvgIpc) is 3.49. The topological polar surface area (TPSA) is 87.5 Å². The lowest BCUT2D eigenvalue weighted by molar-refractivity contribution is 0.560. The van der Waals surface area contributed by atoms with Crippen LogP contribution in [0.1, 0.15) is 11.5 Å². The van der Waals surface area contributed by atoms with Crippen molar-refractivity contribution in [2.45, 2.75) is 0 Å². The molecular formula is C23H13N5O2. The highest BCUT2D eigenvalue weighted by Crippen LogP contribution is 2.30. The van der Waals surface area contributed by atoms with Gasteiger partial charge in [-0.25, -0.2) is 20.2 Å². The number of allylic oxidation sites excluding steroid dienone is 4. The van der Waals surface area contributed by atoms with E-state index in [1.54, 1.807) is 42.5 Å². The molecule has 0 saturated heterocycles. The fourth-order valence-corrected chi connectivity index (χ4v) is 2.71. The second kappa shape index (κ2) is 8.81. The number of nitrogens with zero attached hydrogens (tertiary/aromatic N) is 5. The van der Waals surface area contributed by atoms with Gasteiger partial charge >= 0.3 is 0 Å². The van der Waals surface area contributed by atoms with Crippen LogP contribution in [-0.4, -0.2) is 4.57 Å². The van der Waals surface area contributed by atoms with Crippen molar-refractivity contribution in [2.24, 2.45) is 7.05 Å². The third-order valence-corrected chi connectivity index (χ3v) is 4.14. The van der Waals surface area contributed by atoms with E-state index >= 15 is 0 Å². The Morgan fingerprint density at radius 3 is 2.03 bits per heavy atom. The molecule has 3 rings (SSSR count). The van der Waals surface area contributed by atoms with Gasteiger partial charge in [0.15, 0.2) is 11.5 Å². The zero-order chi connectivity index (χ0) is 21.5. The largest absolute Gasteiger partial charge is 0.456 e. The molecule has 0 aliphatic rings. The SMILES string of the molecule is [C-]#[N+]/C(C#N)=C\C=C\c1ccc(-c2ccc(-c3ccc(/C=C(\C#N)[N+]#[C-])o3)n2C)o1. The van der Waals surface area contributed by atoms with Crippen LogP contribution in [0.3, 0.4) is 0 Å². The summed E-state index contributed by atoms with van der Waals surface area (Å²) >= 11 is 0. The molecule has 0 radical (unpaired) electrons. The van der Waals surface area contributed by atoms with Crippen molar-refractivity contribution in [1.82, 2.24) is 4.57 Å². The van der Waals surface area contributed by atoms with Gasteiger partial charge < -0.3 is 13.4 Å². The maximum absolute atomic E-state index is 8.87. The van der Waals surface area contributed by atoms with Crippen LogP contribution < -0.4 is 0 Å². The first kappa shape index (κ1) is 19.8. The van der Waals surface area contributed by atoms with E-state index in [2.05, 4.69) is 9.69 Å². The van der Waals surface area contributed by atoms with E-state index in [-0.39, 0.29) is 11.4 Å². The number of rotatable bonds is 5. The third kappa shape index (κ3) is 4.12. The molecule has 0 aromatic carbocycles. The molecular weight excluding hydrogens is 378 g/mol. The summed E-state index contributed by atoms with van der Waals surface area (Å²) in [6.45, 7) is 13.8. The molecule has 3 aromatic rings. The quantitative estimate of drug-likeness (QED) is 0.318. The Morgan fingerprint density at radius 1 is 0.900 bits per heavy atom. The zero-order valence-corrected chi connectivity index (χ0v) is 15.8. The van der Waals surface area contributed by atoms with Crippen LogP contribution in [0.15, 0.2) is 68.8 Å². The van der Waals surface area contributed by atoms with E-state index in [1.807, 2.05) is 29.8 Å². The molecule has 0 amide bonds. The molecule has 142 valence electrons. The zero-order valence-electron chi connectivity index (χ0n) is 15.8. The Kier molecular flexibility index (Phi) is 5.80. The summed E-state index contributed by atoms with van der Waals surface area (Å²) in [4.78, 5) is 6.20. The van der Waals surface area contributed by atoms with Crippen molar-refractivity contribution in [1.29, 1.82) is 10.5 Å². The van der Waals surface area contributed by atoms with Gasteiger partial charge in [-0.2, -0.15) is 0 Å². The molecule has 30 heavy (non-hydrogen) atoms. The van der Waals surface area contributed by atoms with Crippen molar-refractivity contribution >= 4 is 12.2 Å². The first-order valence-corrected chi connectivity index (χ1v) is 8.61. The molecule has 0 unspecified atom stereocenters. The Labute approximate surface area is 172 Å². The fraction of sp³-hybridized carbons (Fsp3) is 0.0435. The highest BCUT2D eigenvalue weighted by molar-refractivity contribution is 5.66. The molecule has 0 N–H and O–H groups in total. The minimum Gasteiger partial charge on any atom is -0.456 e. The second-order valence-electron chi connectivity index (χ2n) is 5.95. The van der Waals surface area contributed by atoms with Gasteiger partial charge in [-0.05, 0) is 54.6 Å². The molecule has 0 saturated carbocycles. The van der Waals surface area contributed by atoms with Crippen LogP contribution in [-0.2, 0) is 7.05 Å². The van der Waals surface area contributed by atoms with Gasteiger partial charge in [-0.15, -0.1) is 0 Å². The third-order valence-electron chi connectivity index (χ3n) is 4.14. The van der Waals surface area contributed by atoms with Gasteiger partial charge in [0.25, 0.3) is 11.4 Å². The first-order chi connectivity index (χ1) is 14.6. The van der Waals surface area contributed by atoms with E-state index in [4.69, 9.17) is 32.5 Å². The maximum Gasteiger partial charge on any atom is 0.265 e. The normalized spacial score (nSPS) is 11.6. The highest BCUT2D eigenvalue weighted by Gasteiger charge is 2.14. The summed E-state index contributed by atoms with van der Waals surface area (Å²) in [7, 11) is 1.87. The van der Waals surface area contributed by atoms with Gasteiger partial charge in [-0.3, -0.25) is 0 Å². The Morgan fingerprint density at radius 2 is 1.47 bits per heavy atom. The van der Waals surface area contributed by atoms with Gasteiger partial charge in [0.1, 0.15) is 11.5 Å². The number of nitriles is 2. The van der Waals surface area contributed by atoms with Crippen molar-refractivity contribution in [2.75, 3.05) is 0 Å². The lowest BCUT2D eigenvalue weighted by Crippen LogP contribution is -1.92. The Balaban J connectivity index is 1.85. The Bertz CT molecular complexity index is 1320. The van der Waals surface area contributed by atoms with Gasteiger partial charge in [0.05, 0.1) is 36.7 Å². The predicted octanol–water partition coefficient (Wildman–Crippen LogP) is 5.67. The minimum absolute atomic E-state index is 0.00365. The van der Waals surface area contributed by atoms with Gasteiger partial charge in [0, 0.05) is 7.05 Å². The van der Waals surface area contributed by atoms with E-state index in [0.717, 1.165) is 11.4 Å². The molecule has 7 heteroatoms. The molecule has 0 spiro atoms. The molecule has 0 atom stereocenters.